The first kappa shape index (κ1) is 15.0. The van der Waals surface area contributed by atoms with Crippen LogP contribution in [0.3, 0.4) is 0 Å². The van der Waals surface area contributed by atoms with Crippen molar-refractivity contribution in [1.82, 2.24) is 9.97 Å². The number of nitrogens with two attached hydrogens (primary N) is 1. The van der Waals surface area contributed by atoms with Crippen molar-refractivity contribution in [3.05, 3.63) is 11.9 Å². The molecule has 0 aliphatic heterocycles. The zero-order valence-corrected chi connectivity index (χ0v) is 12.6. The molecule has 0 saturated heterocycles. The minimum Gasteiger partial charge on any atom is -0.384 e. The number of nitrogen functional groups attached to an aromatic ring is 1. The minimum absolute atomic E-state index is 0.392. The van der Waals surface area contributed by atoms with Crippen LogP contribution in [-0.2, 0) is 11.3 Å². The van der Waals surface area contributed by atoms with Crippen molar-refractivity contribution in [3.63, 3.8) is 0 Å². The van der Waals surface area contributed by atoms with Crippen LogP contribution in [0.4, 0.5) is 11.6 Å². The van der Waals surface area contributed by atoms with Gasteiger partial charge in [-0.3, -0.25) is 0 Å². The van der Waals surface area contributed by atoms with Gasteiger partial charge in [0.1, 0.15) is 18.2 Å². The molecule has 0 amide bonds. The van der Waals surface area contributed by atoms with Crippen LogP contribution in [0.5, 0.6) is 0 Å². The van der Waals surface area contributed by atoms with Crippen LogP contribution < -0.4 is 11.1 Å². The van der Waals surface area contributed by atoms with Gasteiger partial charge in [-0.1, -0.05) is 19.8 Å². The Bertz CT molecular complexity index is 416. The Morgan fingerprint density at radius 2 is 2.05 bits per heavy atom. The lowest BCUT2D eigenvalue weighted by Gasteiger charge is -2.29. The van der Waals surface area contributed by atoms with Crippen molar-refractivity contribution < 1.29 is 4.74 Å². The molecule has 0 atom stereocenters. The topological polar surface area (TPSA) is 73.1 Å². The molecule has 0 spiro atoms. The first-order valence-corrected chi connectivity index (χ1v) is 7.60. The summed E-state index contributed by atoms with van der Waals surface area (Å²) < 4.78 is 5.06. The SMILES string of the molecule is CCCC1CCC(Nc2cc(N)nc(COC)n2)CC1. The van der Waals surface area contributed by atoms with Gasteiger partial charge in [-0.15, -0.1) is 0 Å². The third kappa shape index (κ3) is 4.34. The Morgan fingerprint density at radius 1 is 1.30 bits per heavy atom. The van der Waals surface area contributed by atoms with E-state index in [-0.39, 0.29) is 0 Å². The summed E-state index contributed by atoms with van der Waals surface area (Å²) in [7, 11) is 1.63. The number of anilines is 2. The minimum atomic E-state index is 0.392. The van der Waals surface area contributed by atoms with E-state index in [0.29, 0.717) is 24.3 Å². The van der Waals surface area contributed by atoms with Crippen molar-refractivity contribution in [2.45, 2.75) is 58.1 Å². The maximum Gasteiger partial charge on any atom is 0.158 e. The number of ether oxygens (including phenoxy) is 1. The Balaban J connectivity index is 1.90. The Labute approximate surface area is 121 Å². The summed E-state index contributed by atoms with van der Waals surface area (Å²) in [5.74, 6) is 2.87. The van der Waals surface area contributed by atoms with E-state index in [1.165, 1.54) is 38.5 Å². The Morgan fingerprint density at radius 3 is 2.70 bits per heavy atom. The van der Waals surface area contributed by atoms with Crippen LogP contribution in [-0.4, -0.2) is 23.1 Å². The summed E-state index contributed by atoms with van der Waals surface area (Å²) in [6.45, 7) is 2.66. The molecule has 112 valence electrons. The maximum absolute atomic E-state index is 5.81. The normalized spacial score (nSPS) is 22.7. The standard InChI is InChI=1S/C15H26N4O/c1-3-4-11-5-7-12(8-6-11)17-14-9-13(16)18-15(19-14)10-20-2/h9,11-12H,3-8,10H2,1-2H3,(H3,16,17,18,19). The van der Waals surface area contributed by atoms with Crippen LogP contribution in [0.15, 0.2) is 6.07 Å². The lowest BCUT2D eigenvalue weighted by molar-refractivity contribution is 0.178. The molecular formula is C15H26N4O. The third-order valence-electron chi connectivity index (χ3n) is 3.96. The maximum atomic E-state index is 5.81. The van der Waals surface area contributed by atoms with E-state index in [9.17, 15) is 0 Å². The van der Waals surface area contributed by atoms with Crippen molar-refractivity contribution in [2.75, 3.05) is 18.2 Å². The molecule has 1 aliphatic carbocycles. The molecule has 0 aromatic carbocycles. The van der Waals surface area contributed by atoms with E-state index in [1.807, 2.05) is 0 Å². The van der Waals surface area contributed by atoms with Gasteiger partial charge in [0, 0.05) is 19.2 Å². The molecule has 0 bridgehead atoms. The van der Waals surface area contributed by atoms with Crippen LogP contribution in [0.1, 0.15) is 51.3 Å². The fraction of sp³-hybridized carbons (Fsp3) is 0.733. The summed E-state index contributed by atoms with van der Waals surface area (Å²) in [5.41, 5.74) is 5.81. The molecule has 0 radical (unpaired) electrons. The summed E-state index contributed by atoms with van der Waals surface area (Å²) in [4.78, 5) is 8.60. The fourth-order valence-electron chi connectivity index (χ4n) is 3.00. The Kier molecular flexibility index (Phi) is 5.59. The zero-order valence-electron chi connectivity index (χ0n) is 12.6. The molecule has 1 aromatic rings. The van der Waals surface area contributed by atoms with Crippen LogP contribution in [0.25, 0.3) is 0 Å². The van der Waals surface area contributed by atoms with Gasteiger partial charge < -0.3 is 15.8 Å². The average Bonchev–Trinajstić information content (AvgIpc) is 2.41. The number of rotatable bonds is 6. The highest BCUT2D eigenvalue weighted by molar-refractivity contribution is 5.45. The lowest BCUT2D eigenvalue weighted by atomic mass is 9.83. The van der Waals surface area contributed by atoms with Gasteiger partial charge in [0.2, 0.25) is 0 Å². The first-order chi connectivity index (χ1) is 9.71. The smallest absolute Gasteiger partial charge is 0.158 e. The molecule has 1 saturated carbocycles. The van der Waals surface area contributed by atoms with Crippen molar-refractivity contribution in [3.8, 4) is 0 Å². The van der Waals surface area contributed by atoms with Crippen LogP contribution in [0, 0.1) is 5.92 Å². The first-order valence-electron chi connectivity index (χ1n) is 7.60. The van der Waals surface area contributed by atoms with Crippen LogP contribution in [0.2, 0.25) is 0 Å². The predicted octanol–water partition coefficient (Wildman–Crippen LogP) is 2.98. The third-order valence-corrected chi connectivity index (χ3v) is 3.96. The highest BCUT2D eigenvalue weighted by Crippen LogP contribution is 2.29. The van der Waals surface area contributed by atoms with Gasteiger partial charge in [-0.25, -0.2) is 9.97 Å². The van der Waals surface area contributed by atoms with E-state index in [1.54, 1.807) is 13.2 Å². The molecule has 2 rings (SSSR count). The molecule has 1 aliphatic rings. The highest BCUT2D eigenvalue weighted by atomic mass is 16.5. The number of hydrogen-bond donors (Lipinski definition) is 2. The predicted molar refractivity (Wildman–Crippen MR) is 81.4 cm³/mol. The van der Waals surface area contributed by atoms with Crippen molar-refractivity contribution in [1.29, 1.82) is 0 Å². The van der Waals surface area contributed by atoms with Crippen molar-refractivity contribution in [2.24, 2.45) is 5.92 Å². The summed E-state index contributed by atoms with van der Waals surface area (Å²) in [6, 6.07) is 2.31. The van der Waals surface area contributed by atoms with E-state index < -0.39 is 0 Å². The van der Waals surface area contributed by atoms with Gasteiger partial charge in [-0.2, -0.15) is 0 Å². The van der Waals surface area contributed by atoms with Gasteiger partial charge in [0.25, 0.3) is 0 Å². The monoisotopic (exact) mass is 278 g/mol. The summed E-state index contributed by atoms with van der Waals surface area (Å²) in [5, 5.41) is 3.50. The molecule has 20 heavy (non-hydrogen) atoms. The van der Waals surface area contributed by atoms with E-state index in [4.69, 9.17) is 10.5 Å². The molecule has 3 N–H and O–H groups in total. The fourth-order valence-corrected chi connectivity index (χ4v) is 3.00. The number of aromatic nitrogens is 2. The van der Waals surface area contributed by atoms with E-state index in [0.717, 1.165) is 11.7 Å². The quantitative estimate of drug-likeness (QED) is 0.837. The van der Waals surface area contributed by atoms with E-state index in [2.05, 4.69) is 22.2 Å². The second kappa shape index (κ2) is 7.43. The lowest BCUT2D eigenvalue weighted by Crippen LogP contribution is -2.26. The molecule has 1 heterocycles. The number of methoxy groups -OCH3 is 1. The van der Waals surface area contributed by atoms with Crippen molar-refractivity contribution >= 4 is 11.6 Å². The second-order valence-electron chi connectivity index (χ2n) is 5.68. The molecular weight excluding hydrogens is 252 g/mol. The van der Waals surface area contributed by atoms with Gasteiger partial charge in [-0.05, 0) is 31.6 Å². The number of nitrogens with one attached hydrogen (secondary N) is 1. The van der Waals surface area contributed by atoms with Gasteiger partial charge >= 0.3 is 0 Å². The summed E-state index contributed by atoms with van der Waals surface area (Å²) in [6.07, 6.45) is 7.73. The Hall–Kier alpha value is -1.36. The molecule has 1 fully saturated rings. The average molecular weight is 278 g/mol. The summed E-state index contributed by atoms with van der Waals surface area (Å²) >= 11 is 0. The van der Waals surface area contributed by atoms with Gasteiger partial charge in [0.15, 0.2) is 5.82 Å². The van der Waals surface area contributed by atoms with Gasteiger partial charge in [0.05, 0.1) is 0 Å². The van der Waals surface area contributed by atoms with Crippen LogP contribution >= 0.6 is 0 Å². The molecule has 0 unspecified atom stereocenters. The molecule has 5 heteroatoms. The molecule has 5 nitrogen and oxygen atoms in total. The molecule has 1 aromatic heterocycles. The largest absolute Gasteiger partial charge is 0.384 e. The number of hydrogen-bond acceptors (Lipinski definition) is 5. The van der Waals surface area contributed by atoms with E-state index >= 15 is 0 Å². The second-order valence-corrected chi connectivity index (χ2v) is 5.68. The number of nitrogens with zero attached hydrogens (tertiary/aromatic N) is 2. The highest BCUT2D eigenvalue weighted by Gasteiger charge is 2.20. The zero-order chi connectivity index (χ0) is 14.4.